The van der Waals surface area contributed by atoms with E-state index in [4.69, 9.17) is 9.47 Å². The number of esters is 1. The standard InChI is InChI=1S/C16H23BrO3S/c1-4-12(5-2)11-20-16(18)6-7-21-15-9-13(17)8-14(10-15)19-3/h8-10,12H,4-7,11H2,1-3H3. The number of hydrogen-bond acceptors (Lipinski definition) is 4. The fraction of sp³-hybridized carbons (Fsp3) is 0.562. The summed E-state index contributed by atoms with van der Waals surface area (Å²) >= 11 is 5.07. The van der Waals surface area contributed by atoms with Gasteiger partial charge in [0.1, 0.15) is 5.75 Å². The van der Waals surface area contributed by atoms with E-state index in [1.54, 1.807) is 18.9 Å². The molecule has 0 aliphatic carbocycles. The van der Waals surface area contributed by atoms with E-state index in [9.17, 15) is 4.79 Å². The number of hydrogen-bond donors (Lipinski definition) is 0. The monoisotopic (exact) mass is 374 g/mol. The lowest BCUT2D eigenvalue weighted by Gasteiger charge is -2.12. The minimum Gasteiger partial charge on any atom is -0.497 e. The first-order chi connectivity index (χ1) is 10.1. The van der Waals surface area contributed by atoms with Gasteiger partial charge in [0.15, 0.2) is 0 Å². The van der Waals surface area contributed by atoms with Crippen LogP contribution in [0.15, 0.2) is 27.6 Å². The molecular formula is C16H23BrO3S. The molecule has 21 heavy (non-hydrogen) atoms. The van der Waals surface area contributed by atoms with Crippen molar-refractivity contribution in [1.29, 1.82) is 0 Å². The van der Waals surface area contributed by atoms with Crippen molar-refractivity contribution in [3.05, 3.63) is 22.7 Å². The fourth-order valence-corrected chi connectivity index (χ4v) is 3.34. The molecule has 0 heterocycles. The van der Waals surface area contributed by atoms with Crippen LogP contribution in [0, 0.1) is 5.92 Å². The van der Waals surface area contributed by atoms with E-state index in [-0.39, 0.29) is 5.97 Å². The molecule has 0 fully saturated rings. The second-order valence-corrected chi connectivity index (χ2v) is 6.87. The Morgan fingerprint density at radius 1 is 1.29 bits per heavy atom. The summed E-state index contributed by atoms with van der Waals surface area (Å²) in [6.45, 7) is 4.79. The molecule has 0 aliphatic rings. The predicted molar refractivity (Wildman–Crippen MR) is 91.1 cm³/mol. The van der Waals surface area contributed by atoms with Crippen molar-refractivity contribution in [1.82, 2.24) is 0 Å². The number of halogens is 1. The summed E-state index contributed by atoms with van der Waals surface area (Å²) in [6, 6.07) is 5.89. The molecule has 0 radical (unpaired) electrons. The Labute approximate surface area is 139 Å². The summed E-state index contributed by atoms with van der Waals surface area (Å²) < 4.78 is 11.5. The van der Waals surface area contributed by atoms with Gasteiger partial charge in [-0.05, 0) is 24.1 Å². The first kappa shape index (κ1) is 18.4. The minimum absolute atomic E-state index is 0.114. The van der Waals surface area contributed by atoms with Crippen molar-refractivity contribution in [2.45, 2.75) is 38.0 Å². The molecule has 0 saturated heterocycles. The lowest BCUT2D eigenvalue weighted by Crippen LogP contribution is -2.13. The normalized spacial score (nSPS) is 10.7. The van der Waals surface area contributed by atoms with Crippen molar-refractivity contribution >= 4 is 33.7 Å². The second-order valence-electron chi connectivity index (χ2n) is 4.79. The maximum absolute atomic E-state index is 11.7. The molecule has 0 aliphatic heterocycles. The summed E-state index contributed by atoms with van der Waals surface area (Å²) in [5.41, 5.74) is 0. The van der Waals surface area contributed by atoms with Crippen LogP contribution in [0.25, 0.3) is 0 Å². The molecule has 0 unspecified atom stereocenters. The zero-order valence-electron chi connectivity index (χ0n) is 12.9. The Morgan fingerprint density at radius 2 is 2.00 bits per heavy atom. The molecule has 0 spiro atoms. The lowest BCUT2D eigenvalue weighted by atomic mass is 10.1. The van der Waals surface area contributed by atoms with Crippen LogP contribution in [0.4, 0.5) is 0 Å². The Morgan fingerprint density at radius 3 is 2.62 bits per heavy atom. The molecule has 1 rings (SSSR count). The molecule has 0 aromatic heterocycles. The lowest BCUT2D eigenvalue weighted by molar-refractivity contribution is -0.144. The highest BCUT2D eigenvalue weighted by atomic mass is 79.9. The fourth-order valence-electron chi connectivity index (χ4n) is 1.80. The van der Waals surface area contributed by atoms with Gasteiger partial charge in [0, 0.05) is 15.1 Å². The van der Waals surface area contributed by atoms with Crippen molar-refractivity contribution in [2.24, 2.45) is 5.92 Å². The third-order valence-corrected chi connectivity index (χ3v) is 4.73. The van der Waals surface area contributed by atoms with E-state index < -0.39 is 0 Å². The van der Waals surface area contributed by atoms with Crippen LogP contribution in [0.1, 0.15) is 33.1 Å². The van der Waals surface area contributed by atoms with Gasteiger partial charge in [0.05, 0.1) is 20.1 Å². The average molecular weight is 375 g/mol. The van der Waals surface area contributed by atoms with Crippen LogP contribution in [0.2, 0.25) is 0 Å². The van der Waals surface area contributed by atoms with Crippen LogP contribution in [0.5, 0.6) is 5.75 Å². The van der Waals surface area contributed by atoms with Gasteiger partial charge >= 0.3 is 5.97 Å². The van der Waals surface area contributed by atoms with E-state index in [0.29, 0.717) is 24.7 Å². The summed E-state index contributed by atoms with van der Waals surface area (Å²) in [5, 5.41) is 0. The third kappa shape index (κ3) is 7.23. The van der Waals surface area contributed by atoms with E-state index >= 15 is 0 Å². The topological polar surface area (TPSA) is 35.5 Å². The van der Waals surface area contributed by atoms with Gasteiger partial charge in [-0.25, -0.2) is 0 Å². The predicted octanol–water partition coefficient (Wildman–Crippen LogP) is 4.92. The van der Waals surface area contributed by atoms with E-state index in [2.05, 4.69) is 29.8 Å². The number of thioether (sulfide) groups is 1. The Bertz CT molecular complexity index is 447. The molecule has 0 bridgehead atoms. The summed E-state index contributed by atoms with van der Waals surface area (Å²) in [4.78, 5) is 12.8. The van der Waals surface area contributed by atoms with E-state index in [1.807, 2.05) is 18.2 Å². The molecule has 3 nitrogen and oxygen atoms in total. The van der Waals surface area contributed by atoms with Gasteiger partial charge in [-0.3, -0.25) is 4.79 Å². The SMILES string of the molecule is CCC(CC)COC(=O)CCSc1cc(Br)cc(OC)c1. The van der Waals surface area contributed by atoms with Crippen LogP contribution < -0.4 is 4.74 Å². The number of carbonyl (C=O) groups excluding carboxylic acids is 1. The van der Waals surface area contributed by atoms with E-state index in [1.165, 1.54) is 0 Å². The maximum atomic E-state index is 11.7. The molecule has 0 amide bonds. The zero-order chi connectivity index (χ0) is 15.7. The summed E-state index contributed by atoms with van der Waals surface area (Å²) in [5.74, 6) is 1.89. The summed E-state index contributed by atoms with van der Waals surface area (Å²) in [7, 11) is 1.64. The molecule has 1 aromatic carbocycles. The zero-order valence-corrected chi connectivity index (χ0v) is 15.3. The quantitative estimate of drug-likeness (QED) is 0.453. The Balaban J connectivity index is 2.33. The van der Waals surface area contributed by atoms with Crippen molar-refractivity contribution in [3.8, 4) is 5.75 Å². The number of ether oxygens (including phenoxy) is 2. The molecule has 0 atom stereocenters. The molecule has 118 valence electrons. The van der Waals surface area contributed by atoms with Gasteiger partial charge in [0.25, 0.3) is 0 Å². The van der Waals surface area contributed by atoms with Gasteiger partial charge in [0.2, 0.25) is 0 Å². The molecule has 0 N–H and O–H groups in total. The minimum atomic E-state index is -0.114. The molecule has 0 saturated carbocycles. The Kier molecular flexibility index (Phi) is 8.85. The number of methoxy groups -OCH3 is 1. The number of rotatable bonds is 9. The van der Waals surface area contributed by atoms with Gasteiger partial charge < -0.3 is 9.47 Å². The first-order valence-electron chi connectivity index (χ1n) is 7.22. The first-order valence-corrected chi connectivity index (χ1v) is 8.99. The largest absolute Gasteiger partial charge is 0.497 e. The molecular weight excluding hydrogens is 352 g/mol. The highest BCUT2D eigenvalue weighted by Gasteiger charge is 2.09. The third-order valence-electron chi connectivity index (χ3n) is 3.29. The highest BCUT2D eigenvalue weighted by molar-refractivity contribution is 9.10. The summed E-state index contributed by atoms with van der Waals surface area (Å²) in [6.07, 6.45) is 2.53. The second kappa shape index (κ2) is 10.1. The van der Waals surface area contributed by atoms with Crippen molar-refractivity contribution < 1.29 is 14.3 Å². The maximum Gasteiger partial charge on any atom is 0.306 e. The van der Waals surface area contributed by atoms with Crippen molar-refractivity contribution in [3.63, 3.8) is 0 Å². The highest BCUT2D eigenvalue weighted by Crippen LogP contribution is 2.28. The van der Waals surface area contributed by atoms with Crippen LogP contribution in [0.3, 0.4) is 0 Å². The Hall–Kier alpha value is -0.680. The number of carbonyl (C=O) groups is 1. The van der Waals surface area contributed by atoms with Gasteiger partial charge in [-0.2, -0.15) is 0 Å². The number of benzene rings is 1. The molecule has 1 aromatic rings. The van der Waals surface area contributed by atoms with Crippen LogP contribution >= 0.6 is 27.7 Å². The molecule has 5 heteroatoms. The van der Waals surface area contributed by atoms with Crippen LogP contribution in [-0.2, 0) is 9.53 Å². The van der Waals surface area contributed by atoms with Crippen molar-refractivity contribution in [2.75, 3.05) is 19.5 Å². The van der Waals surface area contributed by atoms with E-state index in [0.717, 1.165) is 28.0 Å². The average Bonchev–Trinajstić information content (AvgIpc) is 2.47. The smallest absolute Gasteiger partial charge is 0.306 e. The van der Waals surface area contributed by atoms with Crippen LogP contribution in [-0.4, -0.2) is 25.4 Å². The van der Waals surface area contributed by atoms with Gasteiger partial charge in [-0.15, -0.1) is 11.8 Å². The van der Waals surface area contributed by atoms with Gasteiger partial charge in [-0.1, -0.05) is 42.6 Å².